The number of imidazole rings is 4. The summed E-state index contributed by atoms with van der Waals surface area (Å²) in [5.74, 6) is 3.02. The fourth-order valence-electron chi connectivity index (χ4n) is 6.45. The molecule has 9 nitrogen and oxygen atoms in total. The SMILES string of the molecule is c1cc(Oc2cccc(-n3c4cccnc4n4c5ccccc5nc34)c2)cc(-n2c3cccnc3n3c4ccccc4nc23)c1. The van der Waals surface area contributed by atoms with Gasteiger partial charge >= 0.3 is 0 Å². The largest absolute Gasteiger partial charge is 0.457 e. The van der Waals surface area contributed by atoms with Gasteiger partial charge in [0.15, 0.2) is 11.3 Å². The van der Waals surface area contributed by atoms with E-state index in [2.05, 4.69) is 54.3 Å². The van der Waals surface area contributed by atoms with Crippen LogP contribution >= 0.6 is 0 Å². The van der Waals surface area contributed by atoms with Gasteiger partial charge in [-0.2, -0.15) is 0 Å². The van der Waals surface area contributed by atoms with Crippen molar-refractivity contribution in [1.29, 1.82) is 0 Å². The Bertz CT molecular complexity index is 2570. The third kappa shape index (κ3) is 3.43. The molecule has 45 heavy (non-hydrogen) atoms. The molecule has 4 aromatic carbocycles. The number of hydrogen-bond acceptors (Lipinski definition) is 5. The van der Waals surface area contributed by atoms with E-state index in [1.165, 1.54) is 0 Å². The monoisotopic (exact) mass is 582 g/mol. The first-order valence-electron chi connectivity index (χ1n) is 14.7. The summed E-state index contributed by atoms with van der Waals surface area (Å²) < 4.78 is 15.0. The number of aromatic nitrogens is 8. The first kappa shape index (κ1) is 24.0. The molecule has 0 aliphatic rings. The van der Waals surface area contributed by atoms with Crippen molar-refractivity contribution in [3.63, 3.8) is 0 Å². The van der Waals surface area contributed by atoms with Crippen molar-refractivity contribution in [3.05, 3.63) is 134 Å². The normalized spacial score (nSPS) is 12.0. The summed E-state index contributed by atoms with van der Waals surface area (Å²) >= 11 is 0. The molecule has 6 heterocycles. The average molecular weight is 583 g/mol. The van der Waals surface area contributed by atoms with E-state index in [-0.39, 0.29) is 0 Å². The maximum absolute atomic E-state index is 6.51. The van der Waals surface area contributed by atoms with Crippen molar-refractivity contribution in [2.75, 3.05) is 0 Å². The summed E-state index contributed by atoms with van der Waals surface area (Å²) in [5.41, 5.74) is 9.38. The van der Waals surface area contributed by atoms with Crippen LogP contribution in [0, 0.1) is 0 Å². The van der Waals surface area contributed by atoms with E-state index in [1.54, 1.807) is 0 Å². The van der Waals surface area contributed by atoms with Crippen LogP contribution in [0.25, 0.3) is 67.3 Å². The van der Waals surface area contributed by atoms with E-state index >= 15 is 0 Å². The quantitative estimate of drug-likeness (QED) is 0.212. The summed E-state index contributed by atoms with van der Waals surface area (Å²) in [6, 6.07) is 40.4. The highest BCUT2D eigenvalue weighted by Crippen LogP contribution is 2.33. The van der Waals surface area contributed by atoms with E-state index in [0.29, 0.717) is 11.5 Å². The maximum Gasteiger partial charge on any atom is 0.221 e. The number of rotatable bonds is 4. The van der Waals surface area contributed by atoms with Gasteiger partial charge in [0.25, 0.3) is 0 Å². The molecule has 0 amide bonds. The molecule has 0 spiro atoms. The molecular formula is C36H22N8O. The first-order valence-corrected chi connectivity index (χ1v) is 14.7. The molecule has 0 saturated carbocycles. The molecule has 0 radical (unpaired) electrons. The zero-order valence-corrected chi connectivity index (χ0v) is 23.7. The summed E-state index contributed by atoms with van der Waals surface area (Å²) in [7, 11) is 0. The predicted molar refractivity (Wildman–Crippen MR) is 175 cm³/mol. The van der Waals surface area contributed by atoms with Gasteiger partial charge in [0.2, 0.25) is 11.6 Å². The van der Waals surface area contributed by atoms with Crippen LogP contribution < -0.4 is 4.74 Å². The second kappa shape index (κ2) is 9.01. The van der Waals surface area contributed by atoms with Crippen LogP contribution in [0.4, 0.5) is 0 Å². The van der Waals surface area contributed by atoms with Gasteiger partial charge in [0.1, 0.15) is 11.5 Å². The lowest BCUT2D eigenvalue weighted by Gasteiger charge is -2.11. The third-order valence-corrected chi connectivity index (χ3v) is 8.31. The summed E-state index contributed by atoms with van der Waals surface area (Å²) in [6.07, 6.45) is 3.63. The van der Waals surface area contributed by atoms with Gasteiger partial charge < -0.3 is 4.74 Å². The van der Waals surface area contributed by atoms with E-state index < -0.39 is 0 Å². The molecule has 212 valence electrons. The minimum absolute atomic E-state index is 0.709. The van der Waals surface area contributed by atoms with Gasteiger partial charge in [0, 0.05) is 24.5 Å². The van der Waals surface area contributed by atoms with Gasteiger partial charge in [-0.25, -0.2) is 19.9 Å². The smallest absolute Gasteiger partial charge is 0.221 e. The number of pyridine rings is 2. The highest BCUT2D eigenvalue weighted by atomic mass is 16.5. The molecule has 0 aliphatic heterocycles. The minimum Gasteiger partial charge on any atom is -0.457 e. The van der Waals surface area contributed by atoms with Gasteiger partial charge in [-0.1, -0.05) is 36.4 Å². The third-order valence-electron chi connectivity index (χ3n) is 8.31. The van der Waals surface area contributed by atoms with Gasteiger partial charge in [-0.15, -0.1) is 0 Å². The van der Waals surface area contributed by atoms with Crippen LogP contribution in [-0.4, -0.2) is 37.9 Å². The van der Waals surface area contributed by atoms with Crippen LogP contribution in [0.3, 0.4) is 0 Å². The fraction of sp³-hybridized carbons (Fsp3) is 0. The topological polar surface area (TPSA) is 79.5 Å². The molecule has 0 bridgehead atoms. The Morgan fingerprint density at radius 1 is 0.444 bits per heavy atom. The van der Waals surface area contributed by atoms with Gasteiger partial charge in [0.05, 0.1) is 44.5 Å². The van der Waals surface area contributed by atoms with Gasteiger partial charge in [-0.3, -0.25) is 17.9 Å². The maximum atomic E-state index is 6.51. The van der Waals surface area contributed by atoms with Crippen LogP contribution in [0.15, 0.2) is 134 Å². The highest BCUT2D eigenvalue weighted by molar-refractivity contribution is 5.91. The van der Waals surface area contributed by atoms with Crippen molar-refractivity contribution in [3.8, 4) is 22.9 Å². The first-order chi connectivity index (χ1) is 22.3. The molecule has 9 heteroatoms. The number of hydrogen-bond donors (Lipinski definition) is 0. The van der Waals surface area contributed by atoms with E-state index in [0.717, 1.165) is 67.3 Å². The fourth-order valence-corrected chi connectivity index (χ4v) is 6.45. The number of benzene rings is 4. The Hall–Kier alpha value is -6.48. The zero-order valence-electron chi connectivity index (χ0n) is 23.7. The van der Waals surface area contributed by atoms with Crippen molar-refractivity contribution in [1.82, 2.24) is 37.9 Å². The molecule has 10 aromatic rings. The average Bonchev–Trinajstić information content (AvgIpc) is 3.81. The Labute approximate surface area is 254 Å². The summed E-state index contributed by atoms with van der Waals surface area (Å²) in [6.45, 7) is 0. The molecule has 0 unspecified atom stereocenters. The lowest BCUT2D eigenvalue weighted by molar-refractivity contribution is 0.482. The zero-order chi connectivity index (χ0) is 29.5. The number of fused-ring (bicyclic) bond motifs is 10. The Morgan fingerprint density at radius 3 is 1.42 bits per heavy atom. The molecule has 10 rings (SSSR count). The van der Waals surface area contributed by atoms with Crippen LogP contribution in [0.2, 0.25) is 0 Å². The van der Waals surface area contributed by atoms with Gasteiger partial charge in [-0.05, 0) is 72.8 Å². The van der Waals surface area contributed by atoms with Crippen molar-refractivity contribution in [2.45, 2.75) is 0 Å². The van der Waals surface area contributed by atoms with E-state index in [4.69, 9.17) is 24.7 Å². The lowest BCUT2D eigenvalue weighted by Crippen LogP contribution is -1.97. The molecule has 0 fully saturated rings. The number of para-hydroxylation sites is 4. The second-order valence-corrected chi connectivity index (χ2v) is 10.9. The van der Waals surface area contributed by atoms with Crippen molar-refractivity contribution >= 4 is 55.9 Å². The van der Waals surface area contributed by atoms with E-state index in [9.17, 15) is 0 Å². The lowest BCUT2D eigenvalue weighted by atomic mass is 10.2. The Morgan fingerprint density at radius 2 is 0.911 bits per heavy atom. The predicted octanol–water partition coefficient (Wildman–Crippen LogP) is 7.76. The molecule has 6 aromatic heterocycles. The molecule has 0 atom stereocenters. The molecular weight excluding hydrogens is 560 g/mol. The van der Waals surface area contributed by atoms with Crippen LogP contribution in [0.5, 0.6) is 11.5 Å². The summed E-state index contributed by atoms with van der Waals surface area (Å²) in [4.78, 5) is 19.4. The molecule has 0 aliphatic carbocycles. The van der Waals surface area contributed by atoms with Crippen LogP contribution in [-0.2, 0) is 0 Å². The Kier molecular flexibility index (Phi) is 4.81. The van der Waals surface area contributed by atoms with Crippen molar-refractivity contribution < 1.29 is 4.74 Å². The highest BCUT2D eigenvalue weighted by Gasteiger charge is 2.20. The minimum atomic E-state index is 0.709. The standard InChI is InChI=1S/C36H22N8O/c1-3-15-29-27(13-1)39-35-41(31-17-7-19-37-33(31)43(29)35)23-9-5-11-25(21-23)45-26-12-6-10-24(22-26)42-32-18-8-20-38-34(32)44-30-16-4-2-14-28(30)40-36(42)44/h1-22H. The Balaban J connectivity index is 1.09. The summed E-state index contributed by atoms with van der Waals surface area (Å²) in [5, 5.41) is 0. The van der Waals surface area contributed by atoms with Crippen LogP contribution in [0.1, 0.15) is 0 Å². The number of nitrogens with zero attached hydrogens (tertiary/aromatic N) is 8. The van der Waals surface area contributed by atoms with E-state index in [1.807, 2.05) is 97.3 Å². The second-order valence-electron chi connectivity index (χ2n) is 10.9. The molecule has 0 saturated heterocycles. The molecule has 0 N–H and O–H groups in total. The number of ether oxygens (including phenoxy) is 1. The van der Waals surface area contributed by atoms with Crippen molar-refractivity contribution in [2.24, 2.45) is 0 Å².